The Balaban J connectivity index is 2.65. The fourth-order valence-electron chi connectivity index (χ4n) is 3.46. The minimum Gasteiger partial charge on any atom is -0.370 e. The van der Waals surface area contributed by atoms with Gasteiger partial charge >= 0.3 is 0 Å². The molecule has 3 N–H and O–H groups in total. The summed E-state index contributed by atoms with van der Waals surface area (Å²) < 4.78 is 0. The van der Waals surface area contributed by atoms with Gasteiger partial charge in [-0.3, -0.25) is 4.79 Å². The van der Waals surface area contributed by atoms with E-state index in [4.69, 9.17) is 5.73 Å². The summed E-state index contributed by atoms with van der Waals surface area (Å²) in [6.45, 7) is 7.72. The topological polar surface area (TPSA) is 55.1 Å². The number of hydrogen-bond donors (Lipinski definition) is 2. The number of carbonyl (C=O) groups is 1. The van der Waals surface area contributed by atoms with Crippen molar-refractivity contribution in [2.75, 3.05) is 6.54 Å². The molecule has 2 unspecified atom stereocenters. The molecule has 1 fully saturated rings. The molecule has 1 saturated carbocycles. The highest BCUT2D eigenvalue weighted by Gasteiger charge is 2.37. The third-order valence-electron chi connectivity index (χ3n) is 4.01. The monoisotopic (exact) mass is 254 g/mol. The lowest BCUT2D eigenvalue weighted by atomic mass is 9.71. The van der Waals surface area contributed by atoms with Crippen molar-refractivity contribution in [3.63, 3.8) is 0 Å². The zero-order chi connectivity index (χ0) is 13.6. The van der Waals surface area contributed by atoms with Gasteiger partial charge in [0.2, 0.25) is 5.91 Å². The summed E-state index contributed by atoms with van der Waals surface area (Å²) in [5, 5.41) is 3.62. The number of rotatable bonds is 7. The van der Waals surface area contributed by atoms with Crippen LogP contribution in [0.2, 0.25) is 0 Å². The predicted octanol–water partition coefficient (Wildman–Crippen LogP) is 2.84. The second-order valence-corrected chi connectivity index (χ2v) is 6.44. The third kappa shape index (κ3) is 4.97. The van der Waals surface area contributed by atoms with Crippen LogP contribution in [0, 0.1) is 11.8 Å². The van der Waals surface area contributed by atoms with Crippen LogP contribution in [0.15, 0.2) is 0 Å². The Hall–Kier alpha value is -0.570. The summed E-state index contributed by atoms with van der Waals surface area (Å²) >= 11 is 0. The fourth-order valence-corrected chi connectivity index (χ4v) is 3.46. The quantitative estimate of drug-likeness (QED) is 0.734. The number of carbonyl (C=O) groups excluding carboxylic acids is 1. The molecule has 0 aliphatic heterocycles. The van der Waals surface area contributed by atoms with Crippen LogP contribution >= 0.6 is 0 Å². The molecule has 0 bridgehead atoms. The van der Waals surface area contributed by atoms with E-state index in [1.165, 1.54) is 19.3 Å². The second-order valence-electron chi connectivity index (χ2n) is 6.44. The van der Waals surface area contributed by atoms with Gasteiger partial charge in [-0.05, 0) is 44.1 Å². The van der Waals surface area contributed by atoms with Gasteiger partial charge < -0.3 is 11.1 Å². The largest absolute Gasteiger partial charge is 0.370 e. The maximum absolute atomic E-state index is 11.3. The molecule has 0 aromatic carbocycles. The van der Waals surface area contributed by atoms with Crippen LogP contribution in [-0.4, -0.2) is 18.0 Å². The van der Waals surface area contributed by atoms with Crippen LogP contribution < -0.4 is 11.1 Å². The van der Waals surface area contributed by atoms with Crippen molar-refractivity contribution >= 4 is 5.91 Å². The van der Waals surface area contributed by atoms with E-state index in [-0.39, 0.29) is 11.4 Å². The molecule has 1 aliphatic carbocycles. The van der Waals surface area contributed by atoms with Crippen molar-refractivity contribution in [1.29, 1.82) is 0 Å². The SMILES string of the molecule is CCCNC1(CC(N)=O)CCCC(CC(C)C)C1. The molecule has 0 saturated heterocycles. The van der Waals surface area contributed by atoms with E-state index < -0.39 is 0 Å². The smallest absolute Gasteiger partial charge is 0.219 e. The maximum atomic E-state index is 11.3. The van der Waals surface area contributed by atoms with Crippen LogP contribution in [-0.2, 0) is 4.79 Å². The summed E-state index contributed by atoms with van der Waals surface area (Å²) in [5.41, 5.74) is 5.43. The first-order valence-corrected chi connectivity index (χ1v) is 7.51. The Kier molecular flexibility index (Phi) is 6.13. The van der Waals surface area contributed by atoms with Gasteiger partial charge in [-0.15, -0.1) is 0 Å². The van der Waals surface area contributed by atoms with Gasteiger partial charge in [0, 0.05) is 12.0 Å². The normalized spacial score (nSPS) is 28.6. The van der Waals surface area contributed by atoms with Crippen molar-refractivity contribution in [3.8, 4) is 0 Å². The highest BCUT2D eigenvalue weighted by atomic mass is 16.1. The highest BCUT2D eigenvalue weighted by Crippen LogP contribution is 2.37. The van der Waals surface area contributed by atoms with Crippen molar-refractivity contribution in [2.45, 2.75) is 71.3 Å². The lowest BCUT2D eigenvalue weighted by Gasteiger charge is -2.42. The van der Waals surface area contributed by atoms with Crippen LogP contribution in [0.25, 0.3) is 0 Å². The summed E-state index contributed by atoms with van der Waals surface area (Å²) in [4.78, 5) is 11.3. The fraction of sp³-hybridized carbons (Fsp3) is 0.933. The van der Waals surface area contributed by atoms with Crippen LogP contribution in [0.4, 0.5) is 0 Å². The van der Waals surface area contributed by atoms with E-state index in [1.54, 1.807) is 0 Å². The third-order valence-corrected chi connectivity index (χ3v) is 4.01. The van der Waals surface area contributed by atoms with Crippen molar-refractivity contribution in [3.05, 3.63) is 0 Å². The van der Waals surface area contributed by atoms with Gasteiger partial charge in [0.25, 0.3) is 0 Å². The minimum absolute atomic E-state index is 0.0142. The van der Waals surface area contributed by atoms with Crippen molar-refractivity contribution < 1.29 is 4.79 Å². The standard InChI is InChI=1S/C15H30N2O/c1-4-8-17-15(11-14(16)18)7-5-6-13(10-15)9-12(2)3/h12-13,17H,4-11H2,1-3H3,(H2,16,18). The van der Waals surface area contributed by atoms with Crippen molar-refractivity contribution in [1.82, 2.24) is 5.32 Å². The van der Waals surface area contributed by atoms with Gasteiger partial charge in [-0.2, -0.15) is 0 Å². The van der Waals surface area contributed by atoms with Crippen LogP contribution in [0.5, 0.6) is 0 Å². The summed E-state index contributed by atoms with van der Waals surface area (Å²) in [6, 6.07) is 0. The first-order chi connectivity index (χ1) is 8.47. The molecule has 1 aliphatic rings. The first kappa shape index (κ1) is 15.5. The predicted molar refractivity (Wildman–Crippen MR) is 76.2 cm³/mol. The molecular weight excluding hydrogens is 224 g/mol. The number of nitrogens with two attached hydrogens (primary N) is 1. The van der Waals surface area contributed by atoms with E-state index in [9.17, 15) is 4.79 Å². The summed E-state index contributed by atoms with van der Waals surface area (Å²) in [6.07, 6.45) is 7.64. The Labute approximate surface area is 112 Å². The first-order valence-electron chi connectivity index (χ1n) is 7.51. The molecule has 2 atom stereocenters. The Bertz CT molecular complexity index is 265. The van der Waals surface area contributed by atoms with E-state index in [2.05, 4.69) is 26.1 Å². The average Bonchev–Trinajstić information content (AvgIpc) is 2.25. The zero-order valence-electron chi connectivity index (χ0n) is 12.3. The molecule has 106 valence electrons. The molecule has 3 nitrogen and oxygen atoms in total. The van der Waals surface area contributed by atoms with Gasteiger partial charge in [0.05, 0.1) is 0 Å². The molecule has 1 rings (SSSR count). The Morgan fingerprint density at radius 3 is 2.78 bits per heavy atom. The maximum Gasteiger partial charge on any atom is 0.219 e. The number of nitrogens with one attached hydrogen (secondary N) is 1. The Morgan fingerprint density at radius 2 is 2.22 bits per heavy atom. The molecule has 1 amide bonds. The zero-order valence-corrected chi connectivity index (χ0v) is 12.3. The number of primary amides is 1. The van der Waals surface area contributed by atoms with Crippen LogP contribution in [0.1, 0.15) is 65.7 Å². The van der Waals surface area contributed by atoms with Crippen molar-refractivity contribution in [2.24, 2.45) is 17.6 Å². The lowest BCUT2D eigenvalue weighted by molar-refractivity contribution is -0.120. The van der Waals surface area contributed by atoms with E-state index in [0.717, 1.165) is 37.6 Å². The second kappa shape index (κ2) is 7.13. The highest BCUT2D eigenvalue weighted by molar-refractivity contribution is 5.75. The molecule has 0 aromatic heterocycles. The summed E-state index contributed by atoms with van der Waals surface area (Å²) in [5.74, 6) is 1.33. The lowest BCUT2D eigenvalue weighted by Crippen LogP contribution is -2.51. The molecule has 3 heteroatoms. The molecule has 0 aromatic rings. The van der Waals surface area contributed by atoms with Gasteiger partial charge in [-0.25, -0.2) is 0 Å². The Morgan fingerprint density at radius 1 is 1.50 bits per heavy atom. The summed E-state index contributed by atoms with van der Waals surface area (Å²) in [7, 11) is 0. The molecule has 0 radical (unpaired) electrons. The van der Waals surface area contributed by atoms with Gasteiger partial charge in [-0.1, -0.05) is 33.6 Å². The molecule has 18 heavy (non-hydrogen) atoms. The van der Waals surface area contributed by atoms with E-state index >= 15 is 0 Å². The minimum atomic E-state index is -0.163. The van der Waals surface area contributed by atoms with Gasteiger partial charge in [0.15, 0.2) is 0 Å². The van der Waals surface area contributed by atoms with E-state index in [1.807, 2.05) is 0 Å². The molecular formula is C15H30N2O. The molecule has 0 spiro atoms. The van der Waals surface area contributed by atoms with E-state index in [0.29, 0.717) is 6.42 Å². The molecule has 0 heterocycles. The van der Waals surface area contributed by atoms with Gasteiger partial charge in [0.1, 0.15) is 0 Å². The van der Waals surface area contributed by atoms with Crippen LogP contribution in [0.3, 0.4) is 0 Å². The average molecular weight is 254 g/mol. The number of amides is 1. The number of hydrogen-bond acceptors (Lipinski definition) is 2.